The Morgan fingerprint density at radius 2 is 1.96 bits per heavy atom. The molecule has 3 rings (SSSR count). The Bertz CT molecular complexity index is 1020. The molecule has 146 valence electrons. The fourth-order valence-electron chi connectivity index (χ4n) is 3.27. The predicted octanol–water partition coefficient (Wildman–Crippen LogP) is 4.51. The number of hydrogen-bond acceptors (Lipinski definition) is 3. The highest BCUT2D eigenvalue weighted by Crippen LogP contribution is 2.20. The van der Waals surface area contributed by atoms with E-state index in [2.05, 4.69) is 16.9 Å². The Kier molecular flexibility index (Phi) is 6.47. The van der Waals surface area contributed by atoms with Crippen LogP contribution in [0.15, 0.2) is 53.3 Å². The minimum absolute atomic E-state index is 0.0482. The van der Waals surface area contributed by atoms with Crippen LogP contribution in [0.4, 0.5) is 0 Å². The average Bonchev–Trinajstić information content (AvgIpc) is 2.68. The molecule has 0 saturated heterocycles. The number of halogens is 1. The normalized spacial score (nSPS) is 12.1. The molecule has 0 spiro atoms. The SMILES string of the molecule is CCCN(Cc1nc2cc(Cl)ccc2c(=O)[nH]1)C(=O)C[C@@H](C)c1ccccc1. The third-order valence-corrected chi connectivity index (χ3v) is 4.99. The molecule has 0 radical (unpaired) electrons. The minimum Gasteiger partial charge on any atom is -0.335 e. The lowest BCUT2D eigenvalue weighted by atomic mass is 9.97. The standard InChI is InChI=1S/C22H24ClN3O2/c1-3-11-26(21(27)12-15(2)16-7-5-4-6-8-16)14-20-24-19-13-17(23)9-10-18(19)22(28)25-20/h4-10,13,15H,3,11-12,14H2,1-2H3,(H,24,25,28)/t15-/m1/s1. The number of H-pyrrole nitrogens is 1. The number of carbonyl (C=O) groups is 1. The Balaban J connectivity index is 1.79. The van der Waals surface area contributed by atoms with Crippen molar-refractivity contribution in [2.45, 2.75) is 39.2 Å². The molecule has 28 heavy (non-hydrogen) atoms. The predicted molar refractivity (Wildman–Crippen MR) is 113 cm³/mol. The van der Waals surface area contributed by atoms with Crippen LogP contribution < -0.4 is 5.56 Å². The van der Waals surface area contributed by atoms with E-state index in [1.54, 1.807) is 23.1 Å². The number of fused-ring (bicyclic) bond motifs is 1. The maximum atomic E-state index is 12.9. The molecule has 3 aromatic rings. The number of nitrogens with zero attached hydrogens (tertiary/aromatic N) is 2. The summed E-state index contributed by atoms with van der Waals surface area (Å²) < 4.78 is 0. The van der Waals surface area contributed by atoms with Crippen LogP contribution in [-0.2, 0) is 11.3 Å². The number of amides is 1. The number of aromatic nitrogens is 2. The molecule has 0 aliphatic heterocycles. The van der Waals surface area contributed by atoms with Gasteiger partial charge in [0.05, 0.1) is 17.4 Å². The molecule has 1 N–H and O–H groups in total. The lowest BCUT2D eigenvalue weighted by Gasteiger charge is -2.23. The van der Waals surface area contributed by atoms with E-state index in [-0.39, 0.29) is 23.9 Å². The molecule has 0 aliphatic rings. The highest BCUT2D eigenvalue weighted by atomic mass is 35.5. The van der Waals surface area contributed by atoms with Crippen LogP contribution in [0.3, 0.4) is 0 Å². The first kappa shape index (κ1) is 20.1. The highest BCUT2D eigenvalue weighted by molar-refractivity contribution is 6.31. The van der Waals surface area contributed by atoms with E-state index in [0.717, 1.165) is 12.0 Å². The van der Waals surface area contributed by atoms with Crippen LogP contribution in [0.5, 0.6) is 0 Å². The van der Waals surface area contributed by atoms with Gasteiger partial charge in [0.2, 0.25) is 5.91 Å². The summed E-state index contributed by atoms with van der Waals surface area (Å²) in [5.74, 6) is 0.636. The van der Waals surface area contributed by atoms with Gasteiger partial charge in [0.15, 0.2) is 0 Å². The lowest BCUT2D eigenvalue weighted by Crippen LogP contribution is -2.33. The maximum Gasteiger partial charge on any atom is 0.258 e. The smallest absolute Gasteiger partial charge is 0.258 e. The summed E-state index contributed by atoms with van der Waals surface area (Å²) >= 11 is 6.03. The molecule has 0 bridgehead atoms. The second-order valence-corrected chi connectivity index (χ2v) is 7.44. The molecule has 1 heterocycles. The van der Waals surface area contributed by atoms with Crippen LogP contribution in [-0.4, -0.2) is 27.3 Å². The van der Waals surface area contributed by atoms with Gasteiger partial charge in [-0.3, -0.25) is 9.59 Å². The first-order chi connectivity index (χ1) is 13.5. The fraction of sp³-hybridized carbons (Fsp3) is 0.318. The number of aromatic amines is 1. The molecule has 2 aromatic carbocycles. The topological polar surface area (TPSA) is 66.1 Å². The van der Waals surface area contributed by atoms with E-state index in [0.29, 0.717) is 34.7 Å². The second kappa shape index (κ2) is 9.02. The van der Waals surface area contributed by atoms with E-state index in [9.17, 15) is 9.59 Å². The van der Waals surface area contributed by atoms with E-state index < -0.39 is 0 Å². The molecule has 0 unspecified atom stereocenters. The molecule has 6 heteroatoms. The van der Waals surface area contributed by atoms with Gasteiger partial charge in [0, 0.05) is 18.0 Å². The van der Waals surface area contributed by atoms with Crippen molar-refractivity contribution in [3.8, 4) is 0 Å². The summed E-state index contributed by atoms with van der Waals surface area (Å²) in [4.78, 5) is 34.3. The molecular formula is C22H24ClN3O2. The Labute approximate surface area is 169 Å². The van der Waals surface area contributed by atoms with Gasteiger partial charge in [-0.15, -0.1) is 0 Å². The van der Waals surface area contributed by atoms with Gasteiger partial charge in [-0.25, -0.2) is 4.98 Å². The second-order valence-electron chi connectivity index (χ2n) is 7.01. The highest BCUT2D eigenvalue weighted by Gasteiger charge is 2.19. The summed E-state index contributed by atoms with van der Waals surface area (Å²) in [5, 5.41) is 1.01. The van der Waals surface area contributed by atoms with Crippen molar-refractivity contribution in [2.24, 2.45) is 0 Å². The van der Waals surface area contributed by atoms with Crippen molar-refractivity contribution < 1.29 is 4.79 Å². The van der Waals surface area contributed by atoms with Gasteiger partial charge in [-0.1, -0.05) is 55.8 Å². The van der Waals surface area contributed by atoms with Crippen molar-refractivity contribution in [3.63, 3.8) is 0 Å². The van der Waals surface area contributed by atoms with Gasteiger partial charge in [-0.2, -0.15) is 0 Å². The summed E-state index contributed by atoms with van der Waals surface area (Å²) in [6, 6.07) is 15.0. The molecule has 1 aromatic heterocycles. The van der Waals surface area contributed by atoms with Crippen molar-refractivity contribution in [1.29, 1.82) is 0 Å². The van der Waals surface area contributed by atoms with Crippen LogP contribution in [0, 0.1) is 0 Å². The maximum absolute atomic E-state index is 12.9. The third kappa shape index (κ3) is 4.78. The van der Waals surface area contributed by atoms with E-state index in [1.165, 1.54) is 0 Å². The molecule has 1 atom stereocenters. The van der Waals surface area contributed by atoms with E-state index >= 15 is 0 Å². The molecule has 5 nitrogen and oxygen atoms in total. The number of rotatable bonds is 7. The van der Waals surface area contributed by atoms with Crippen LogP contribution >= 0.6 is 11.6 Å². The quantitative estimate of drug-likeness (QED) is 0.637. The van der Waals surface area contributed by atoms with Crippen molar-refractivity contribution in [3.05, 3.63) is 75.3 Å². The first-order valence-corrected chi connectivity index (χ1v) is 9.87. The number of nitrogens with one attached hydrogen (secondary N) is 1. The zero-order valence-electron chi connectivity index (χ0n) is 16.1. The number of hydrogen-bond donors (Lipinski definition) is 1. The summed E-state index contributed by atoms with van der Waals surface area (Å²) in [6.45, 7) is 4.95. The minimum atomic E-state index is -0.224. The van der Waals surface area contributed by atoms with E-state index in [1.807, 2.05) is 37.3 Å². The Hall–Kier alpha value is -2.66. The zero-order valence-corrected chi connectivity index (χ0v) is 16.9. The van der Waals surface area contributed by atoms with Gasteiger partial charge in [0.1, 0.15) is 5.82 Å². The molecule has 0 fully saturated rings. The van der Waals surface area contributed by atoms with Crippen LogP contribution in [0.2, 0.25) is 5.02 Å². The van der Waals surface area contributed by atoms with E-state index in [4.69, 9.17) is 11.6 Å². The Morgan fingerprint density at radius 1 is 1.21 bits per heavy atom. The molecular weight excluding hydrogens is 374 g/mol. The summed E-state index contributed by atoms with van der Waals surface area (Å²) in [7, 11) is 0. The number of benzene rings is 2. The van der Waals surface area contributed by atoms with Crippen molar-refractivity contribution in [2.75, 3.05) is 6.54 Å². The van der Waals surface area contributed by atoms with Gasteiger partial charge in [-0.05, 0) is 36.1 Å². The average molecular weight is 398 g/mol. The summed E-state index contributed by atoms with van der Waals surface area (Å²) in [6.07, 6.45) is 1.24. The van der Waals surface area contributed by atoms with Crippen LogP contribution in [0.25, 0.3) is 10.9 Å². The fourth-order valence-corrected chi connectivity index (χ4v) is 3.44. The van der Waals surface area contributed by atoms with Gasteiger partial charge < -0.3 is 9.88 Å². The van der Waals surface area contributed by atoms with Gasteiger partial charge in [0.25, 0.3) is 5.56 Å². The monoisotopic (exact) mass is 397 g/mol. The van der Waals surface area contributed by atoms with Crippen molar-refractivity contribution >= 4 is 28.4 Å². The van der Waals surface area contributed by atoms with Gasteiger partial charge >= 0.3 is 0 Å². The lowest BCUT2D eigenvalue weighted by molar-refractivity contribution is -0.132. The largest absolute Gasteiger partial charge is 0.335 e. The Morgan fingerprint density at radius 3 is 2.68 bits per heavy atom. The summed E-state index contributed by atoms with van der Waals surface area (Å²) in [5.41, 5.74) is 1.45. The molecule has 0 aliphatic carbocycles. The first-order valence-electron chi connectivity index (χ1n) is 9.49. The molecule has 0 saturated carbocycles. The third-order valence-electron chi connectivity index (χ3n) is 4.75. The zero-order chi connectivity index (χ0) is 20.1. The van der Waals surface area contributed by atoms with Crippen molar-refractivity contribution in [1.82, 2.24) is 14.9 Å². The molecule has 1 amide bonds. The number of carbonyl (C=O) groups excluding carboxylic acids is 1. The van der Waals surface area contributed by atoms with Crippen LogP contribution in [0.1, 0.15) is 44.0 Å².